The highest BCUT2D eigenvalue weighted by atomic mass is 16.6. The molecule has 4 nitrogen and oxygen atoms in total. The van der Waals surface area contributed by atoms with Crippen LogP contribution in [0.3, 0.4) is 0 Å². The van der Waals surface area contributed by atoms with E-state index in [1.54, 1.807) is 13.8 Å². The molecule has 4 heteroatoms. The van der Waals surface area contributed by atoms with Crippen LogP contribution in [0.4, 0.5) is 0 Å². The highest BCUT2D eigenvalue weighted by Gasteiger charge is 2.40. The third-order valence-electron chi connectivity index (χ3n) is 4.42. The topological polar surface area (TPSA) is 52.6 Å². The maximum Gasteiger partial charge on any atom is 0.333 e. The van der Waals surface area contributed by atoms with E-state index >= 15 is 0 Å². The van der Waals surface area contributed by atoms with Crippen LogP contribution in [0.1, 0.15) is 53.9 Å². The van der Waals surface area contributed by atoms with E-state index in [-0.39, 0.29) is 24.0 Å². The number of hydrogen-bond donors (Lipinski definition) is 0. The molecule has 3 atom stereocenters. The van der Waals surface area contributed by atoms with Crippen LogP contribution >= 0.6 is 0 Å². The summed E-state index contributed by atoms with van der Waals surface area (Å²) in [5.74, 6) is -0.282. The molecule has 0 aliphatic heterocycles. The second kappa shape index (κ2) is 7.12. The van der Waals surface area contributed by atoms with E-state index in [1.165, 1.54) is 0 Å². The molecule has 0 heterocycles. The summed E-state index contributed by atoms with van der Waals surface area (Å²) in [5.41, 5.74) is 0.189. The van der Waals surface area contributed by atoms with Gasteiger partial charge in [0.1, 0.15) is 11.7 Å². The summed E-state index contributed by atoms with van der Waals surface area (Å²) in [5, 5.41) is 0. The van der Waals surface area contributed by atoms with Gasteiger partial charge in [-0.15, -0.1) is 0 Å². The Bertz CT molecular complexity index is 475. The monoisotopic (exact) mass is 308 g/mol. The number of esters is 2. The molecule has 1 aliphatic rings. The summed E-state index contributed by atoms with van der Waals surface area (Å²) in [7, 11) is 0. The van der Waals surface area contributed by atoms with Crippen molar-refractivity contribution in [2.24, 2.45) is 11.8 Å². The SMILES string of the molecule is C=C(C)C(=O)OC1CC(C(C)(C)OC(=O)C(=C)C)CCC1C. The number of hydrogen-bond acceptors (Lipinski definition) is 4. The van der Waals surface area contributed by atoms with Crippen molar-refractivity contribution in [3.63, 3.8) is 0 Å². The molecule has 1 saturated carbocycles. The zero-order valence-electron chi connectivity index (χ0n) is 14.4. The average Bonchev–Trinajstić information content (AvgIpc) is 2.40. The second-order valence-electron chi connectivity index (χ2n) is 6.98. The zero-order chi connectivity index (χ0) is 17.1. The lowest BCUT2D eigenvalue weighted by Gasteiger charge is -2.41. The van der Waals surface area contributed by atoms with E-state index in [0.29, 0.717) is 23.5 Å². The molecular weight excluding hydrogens is 280 g/mol. The molecule has 1 rings (SSSR count). The lowest BCUT2D eigenvalue weighted by atomic mass is 9.73. The first-order valence-corrected chi connectivity index (χ1v) is 7.80. The Labute approximate surface area is 133 Å². The van der Waals surface area contributed by atoms with Gasteiger partial charge < -0.3 is 9.47 Å². The van der Waals surface area contributed by atoms with Gasteiger partial charge in [-0.25, -0.2) is 9.59 Å². The van der Waals surface area contributed by atoms with E-state index in [2.05, 4.69) is 20.1 Å². The maximum atomic E-state index is 11.8. The molecule has 124 valence electrons. The maximum absolute atomic E-state index is 11.8. The molecule has 1 aliphatic carbocycles. The summed E-state index contributed by atoms with van der Waals surface area (Å²) >= 11 is 0. The molecule has 0 bridgehead atoms. The Kier molecular flexibility index (Phi) is 5.98. The van der Waals surface area contributed by atoms with Crippen molar-refractivity contribution in [2.75, 3.05) is 0 Å². The molecule has 0 radical (unpaired) electrons. The molecular formula is C18H28O4. The summed E-state index contributed by atoms with van der Waals surface area (Å²) in [6, 6.07) is 0. The summed E-state index contributed by atoms with van der Waals surface area (Å²) in [4.78, 5) is 23.6. The molecule has 1 fully saturated rings. The van der Waals surface area contributed by atoms with Gasteiger partial charge in [-0.2, -0.15) is 0 Å². The van der Waals surface area contributed by atoms with Crippen LogP contribution in [0.25, 0.3) is 0 Å². The van der Waals surface area contributed by atoms with Gasteiger partial charge in [-0.3, -0.25) is 0 Å². The predicted octanol–water partition coefficient (Wildman–Crippen LogP) is 3.81. The van der Waals surface area contributed by atoms with Gasteiger partial charge in [0.2, 0.25) is 0 Å². The van der Waals surface area contributed by atoms with E-state index in [0.717, 1.165) is 12.8 Å². The van der Waals surface area contributed by atoms with Gasteiger partial charge in [0.05, 0.1) is 0 Å². The summed E-state index contributed by atoms with van der Waals surface area (Å²) in [6.07, 6.45) is 2.41. The molecule has 3 unspecified atom stereocenters. The fraction of sp³-hybridized carbons (Fsp3) is 0.667. The van der Waals surface area contributed by atoms with Crippen LogP contribution in [0.2, 0.25) is 0 Å². The first-order valence-electron chi connectivity index (χ1n) is 7.80. The normalized spacial score (nSPS) is 25.2. The fourth-order valence-electron chi connectivity index (χ4n) is 2.72. The molecule has 0 N–H and O–H groups in total. The second-order valence-corrected chi connectivity index (χ2v) is 6.98. The van der Waals surface area contributed by atoms with Crippen LogP contribution in [0.5, 0.6) is 0 Å². The molecule has 0 saturated heterocycles. The van der Waals surface area contributed by atoms with Crippen molar-refractivity contribution in [1.82, 2.24) is 0 Å². The van der Waals surface area contributed by atoms with Crippen LogP contribution < -0.4 is 0 Å². The number of rotatable bonds is 5. The standard InChI is InChI=1S/C18H28O4/c1-11(2)16(19)21-15-10-14(9-8-13(15)5)18(6,7)22-17(20)12(3)4/h13-15H,1,3,8-10H2,2,4-7H3. The molecule has 22 heavy (non-hydrogen) atoms. The van der Waals surface area contributed by atoms with Gasteiger partial charge in [0.15, 0.2) is 0 Å². The van der Waals surface area contributed by atoms with E-state index in [1.807, 2.05) is 13.8 Å². The van der Waals surface area contributed by atoms with Crippen molar-refractivity contribution in [1.29, 1.82) is 0 Å². The van der Waals surface area contributed by atoms with E-state index in [9.17, 15) is 9.59 Å². The van der Waals surface area contributed by atoms with Gasteiger partial charge >= 0.3 is 11.9 Å². The Morgan fingerprint density at radius 1 is 1.05 bits per heavy atom. The van der Waals surface area contributed by atoms with Crippen molar-refractivity contribution < 1.29 is 19.1 Å². The van der Waals surface area contributed by atoms with Crippen molar-refractivity contribution >= 4 is 11.9 Å². The largest absolute Gasteiger partial charge is 0.459 e. The van der Waals surface area contributed by atoms with Gasteiger partial charge in [-0.1, -0.05) is 20.1 Å². The number of carbonyl (C=O) groups is 2. The quantitative estimate of drug-likeness (QED) is 0.572. The van der Waals surface area contributed by atoms with Gasteiger partial charge in [-0.05, 0) is 52.9 Å². The van der Waals surface area contributed by atoms with Crippen LogP contribution in [0.15, 0.2) is 24.3 Å². The molecule has 0 spiro atoms. The van der Waals surface area contributed by atoms with Crippen LogP contribution in [-0.4, -0.2) is 23.6 Å². The third-order valence-corrected chi connectivity index (χ3v) is 4.42. The Morgan fingerprint density at radius 2 is 1.59 bits per heavy atom. The van der Waals surface area contributed by atoms with Crippen molar-refractivity contribution in [2.45, 2.75) is 65.6 Å². The Hall–Kier alpha value is -1.58. The van der Waals surface area contributed by atoms with Gasteiger partial charge in [0.25, 0.3) is 0 Å². The van der Waals surface area contributed by atoms with Gasteiger partial charge in [0, 0.05) is 17.1 Å². The smallest absolute Gasteiger partial charge is 0.333 e. The first kappa shape index (κ1) is 18.5. The highest BCUT2D eigenvalue weighted by Crippen LogP contribution is 2.39. The van der Waals surface area contributed by atoms with E-state index in [4.69, 9.17) is 9.47 Å². The molecule has 0 aromatic rings. The molecule has 0 aromatic heterocycles. The minimum Gasteiger partial charge on any atom is -0.459 e. The van der Waals surface area contributed by atoms with Crippen LogP contribution in [-0.2, 0) is 19.1 Å². The van der Waals surface area contributed by atoms with Crippen LogP contribution in [0, 0.1) is 11.8 Å². The summed E-state index contributed by atoms with van der Waals surface area (Å²) in [6.45, 7) is 16.4. The van der Waals surface area contributed by atoms with Crippen molar-refractivity contribution in [3.8, 4) is 0 Å². The fourth-order valence-corrected chi connectivity index (χ4v) is 2.72. The Morgan fingerprint density at radius 3 is 2.09 bits per heavy atom. The summed E-state index contributed by atoms with van der Waals surface area (Å²) < 4.78 is 11.1. The van der Waals surface area contributed by atoms with Crippen molar-refractivity contribution in [3.05, 3.63) is 24.3 Å². The average molecular weight is 308 g/mol. The molecule has 0 amide bonds. The minimum absolute atomic E-state index is 0.148. The lowest BCUT2D eigenvalue weighted by Crippen LogP contribution is -2.43. The van der Waals surface area contributed by atoms with E-state index < -0.39 is 5.60 Å². The predicted molar refractivity (Wildman–Crippen MR) is 86.2 cm³/mol. The lowest BCUT2D eigenvalue weighted by molar-refractivity contribution is -0.165. The molecule has 0 aromatic carbocycles. The number of carbonyl (C=O) groups excluding carboxylic acids is 2. The highest BCUT2D eigenvalue weighted by molar-refractivity contribution is 5.87. The number of ether oxygens (including phenoxy) is 2. The Balaban J connectivity index is 2.76. The first-order chi connectivity index (χ1) is 10.0. The minimum atomic E-state index is -0.607. The zero-order valence-corrected chi connectivity index (χ0v) is 14.4. The third kappa shape index (κ3) is 4.72.